The summed E-state index contributed by atoms with van der Waals surface area (Å²) in [5.41, 5.74) is 0. The number of aliphatic hydroxyl groups is 1. The van der Waals surface area contributed by atoms with Crippen LogP contribution in [0.4, 0.5) is 0 Å². The van der Waals surface area contributed by atoms with Crippen LogP contribution < -0.4 is 0 Å². The Labute approximate surface area is 524 Å². The second-order valence-electron chi connectivity index (χ2n) is 24.5. The molecule has 0 fully saturated rings. The molecule has 0 rings (SSSR count). The molecule has 0 spiro atoms. The highest BCUT2D eigenvalue weighted by atomic mass is 31.2. The van der Waals surface area contributed by atoms with Crippen LogP contribution in [0.5, 0.6) is 0 Å². The van der Waals surface area contributed by atoms with Crippen molar-refractivity contribution in [3.05, 3.63) is 0 Å². The van der Waals surface area contributed by atoms with Crippen molar-refractivity contribution >= 4 is 39.5 Å². The lowest BCUT2D eigenvalue weighted by Gasteiger charge is -2.21. The largest absolute Gasteiger partial charge is 0.472 e. The number of aliphatic hydroxyl groups excluding tert-OH is 1. The van der Waals surface area contributed by atoms with E-state index in [4.69, 9.17) is 37.0 Å². The first kappa shape index (κ1) is 84.1. The molecule has 86 heavy (non-hydrogen) atoms. The normalized spacial score (nSPS) is 14.5. The molecule has 0 heterocycles. The predicted octanol–water partition coefficient (Wildman–Crippen LogP) is 19.0. The lowest BCUT2D eigenvalue weighted by molar-refractivity contribution is -0.161. The zero-order valence-corrected chi connectivity index (χ0v) is 57.2. The quantitative estimate of drug-likeness (QED) is 0.0222. The van der Waals surface area contributed by atoms with Crippen molar-refractivity contribution in [1.82, 2.24) is 0 Å². The van der Waals surface area contributed by atoms with Gasteiger partial charge in [-0.15, -0.1) is 0 Å². The molecule has 510 valence electrons. The molecule has 17 nitrogen and oxygen atoms in total. The van der Waals surface area contributed by atoms with Crippen LogP contribution in [0.15, 0.2) is 0 Å². The number of ether oxygens (including phenoxy) is 4. The van der Waals surface area contributed by atoms with E-state index in [1.165, 1.54) is 161 Å². The molecule has 0 aliphatic heterocycles. The van der Waals surface area contributed by atoms with Gasteiger partial charge in [-0.2, -0.15) is 0 Å². The molecule has 3 unspecified atom stereocenters. The molecular weight excluding hydrogens is 1140 g/mol. The van der Waals surface area contributed by atoms with Crippen LogP contribution in [0.3, 0.4) is 0 Å². The summed E-state index contributed by atoms with van der Waals surface area (Å²) in [7, 11) is -9.88. The molecule has 0 bridgehead atoms. The maximum absolute atomic E-state index is 13.0. The summed E-state index contributed by atoms with van der Waals surface area (Å²) >= 11 is 0. The maximum atomic E-state index is 13.0. The van der Waals surface area contributed by atoms with Crippen molar-refractivity contribution in [2.24, 2.45) is 5.92 Å². The summed E-state index contributed by atoms with van der Waals surface area (Å²) in [6.45, 7) is 7.14. The summed E-state index contributed by atoms with van der Waals surface area (Å²) in [6, 6.07) is 0. The standard InChI is InChI=1S/C67H130O17P2/c1-6-10-13-16-18-20-22-23-24-25-26-27-28-30-32-38-43-48-53-67(72)84-63(57-78-65(70)51-46-41-36-34-33-35-40-44-49-60(5)9-4)59-82-86(75,76)80-55-61(68)54-79-85(73,74)81-58-62(56-77-64(69)50-45-39-15-12-8-3)83-66(71)52-47-42-37-31-29-21-19-17-14-11-7-2/h60-63,68H,6-59H2,1-5H3,(H,73,74)(H,75,76)/t60?,61-,62+,63+/m0/s1. The molecular formula is C67H130O17P2. The Balaban J connectivity index is 5.15. The topological polar surface area (TPSA) is 237 Å². The average Bonchev–Trinajstić information content (AvgIpc) is 3.50. The van der Waals surface area contributed by atoms with Gasteiger partial charge >= 0.3 is 39.5 Å². The van der Waals surface area contributed by atoms with Gasteiger partial charge in [-0.25, -0.2) is 9.13 Å². The van der Waals surface area contributed by atoms with Crippen LogP contribution in [0, 0.1) is 5.92 Å². The number of carbonyl (C=O) groups excluding carboxylic acids is 4. The molecule has 3 N–H and O–H groups in total. The Hall–Kier alpha value is -1.94. The van der Waals surface area contributed by atoms with E-state index in [1.807, 2.05) is 0 Å². The van der Waals surface area contributed by atoms with Gasteiger partial charge in [0.1, 0.15) is 19.3 Å². The van der Waals surface area contributed by atoms with Gasteiger partial charge in [-0.05, 0) is 31.6 Å². The first-order valence-electron chi connectivity index (χ1n) is 35.2. The molecule has 0 aliphatic carbocycles. The zero-order valence-electron chi connectivity index (χ0n) is 55.4. The monoisotopic (exact) mass is 1270 g/mol. The van der Waals surface area contributed by atoms with Gasteiger partial charge in [0, 0.05) is 25.7 Å². The minimum atomic E-state index is -4.95. The number of rotatable bonds is 67. The predicted molar refractivity (Wildman–Crippen MR) is 345 cm³/mol. The fourth-order valence-corrected chi connectivity index (χ4v) is 11.7. The van der Waals surface area contributed by atoms with Gasteiger partial charge in [-0.3, -0.25) is 37.3 Å². The highest BCUT2D eigenvalue weighted by Gasteiger charge is 2.30. The van der Waals surface area contributed by atoms with E-state index in [2.05, 4.69) is 34.6 Å². The fraction of sp³-hybridized carbons (Fsp3) is 0.940. The third kappa shape index (κ3) is 59.7. The number of hydrogen-bond donors (Lipinski definition) is 3. The Morgan fingerprint density at radius 3 is 0.826 bits per heavy atom. The molecule has 0 amide bonds. The van der Waals surface area contributed by atoms with Gasteiger partial charge in [0.25, 0.3) is 0 Å². The number of unbranched alkanes of at least 4 members (excludes halogenated alkanes) is 38. The Morgan fingerprint density at radius 2 is 0.558 bits per heavy atom. The van der Waals surface area contributed by atoms with Crippen LogP contribution in [0.1, 0.15) is 343 Å². The molecule has 0 aromatic rings. The molecule has 0 aliphatic rings. The highest BCUT2D eigenvalue weighted by Crippen LogP contribution is 2.45. The van der Waals surface area contributed by atoms with Gasteiger partial charge < -0.3 is 33.8 Å². The Morgan fingerprint density at radius 1 is 0.326 bits per heavy atom. The maximum Gasteiger partial charge on any atom is 0.472 e. The van der Waals surface area contributed by atoms with Crippen molar-refractivity contribution in [1.29, 1.82) is 0 Å². The number of hydrogen-bond acceptors (Lipinski definition) is 15. The molecule has 6 atom stereocenters. The van der Waals surface area contributed by atoms with E-state index in [-0.39, 0.29) is 25.7 Å². The second-order valence-corrected chi connectivity index (χ2v) is 27.4. The molecule has 0 saturated carbocycles. The van der Waals surface area contributed by atoms with Crippen molar-refractivity contribution < 1.29 is 80.2 Å². The van der Waals surface area contributed by atoms with E-state index in [0.29, 0.717) is 25.7 Å². The summed E-state index contributed by atoms with van der Waals surface area (Å²) in [5.74, 6) is -1.36. The van der Waals surface area contributed by atoms with Crippen LogP contribution in [0.2, 0.25) is 0 Å². The van der Waals surface area contributed by atoms with Crippen molar-refractivity contribution in [2.45, 2.75) is 361 Å². The lowest BCUT2D eigenvalue weighted by Crippen LogP contribution is -2.30. The Kier molecular flexibility index (Phi) is 59.2. The third-order valence-corrected chi connectivity index (χ3v) is 17.8. The Bertz CT molecular complexity index is 1670. The highest BCUT2D eigenvalue weighted by molar-refractivity contribution is 7.47. The van der Waals surface area contributed by atoms with Gasteiger partial charge in [0.15, 0.2) is 12.2 Å². The summed E-state index contributed by atoms with van der Waals surface area (Å²) in [5, 5.41) is 10.5. The summed E-state index contributed by atoms with van der Waals surface area (Å²) < 4.78 is 67.9. The smallest absolute Gasteiger partial charge is 0.462 e. The molecule has 19 heteroatoms. The van der Waals surface area contributed by atoms with Crippen LogP contribution >= 0.6 is 15.6 Å². The van der Waals surface area contributed by atoms with Crippen molar-refractivity contribution in [3.63, 3.8) is 0 Å². The summed E-state index contributed by atoms with van der Waals surface area (Å²) in [6.07, 6.45) is 46.1. The number of esters is 4. The van der Waals surface area contributed by atoms with Crippen LogP contribution in [-0.2, 0) is 65.4 Å². The first-order valence-corrected chi connectivity index (χ1v) is 38.2. The number of phosphoric ester groups is 2. The number of phosphoric acid groups is 2. The van der Waals surface area contributed by atoms with E-state index >= 15 is 0 Å². The first-order chi connectivity index (χ1) is 41.6. The lowest BCUT2D eigenvalue weighted by atomic mass is 9.99. The van der Waals surface area contributed by atoms with E-state index in [9.17, 15) is 43.2 Å². The SMILES string of the molecule is CCCCCCCCCCCCCCCCCCCCC(=O)O[C@H](COC(=O)CCCCCCCCCCC(C)CC)COP(=O)(O)OC[C@@H](O)COP(=O)(O)OC[C@@H](COC(=O)CCCCCCC)OC(=O)CCCCCCCCCCCCC. The molecule has 0 saturated heterocycles. The average molecular weight is 1270 g/mol. The van der Waals surface area contributed by atoms with E-state index in [0.717, 1.165) is 102 Å². The zero-order chi connectivity index (χ0) is 63.5. The van der Waals surface area contributed by atoms with Crippen LogP contribution in [-0.4, -0.2) is 96.7 Å². The van der Waals surface area contributed by atoms with Crippen molar-refractivity contribution in [2.75, 3.05) is 39.6 Å². The third-order valence-electron chi connectivity index (χ3n) is 15.9. The fourth-order valence-electron chi connectivity index (χ4n) is 10.1. The molecule has 0 aromatic heterocycles. The minimum absolute atomic E-state index is 0.106. The van der Waals surface area contributed by atoms with E-state index in [1.54, 1.807) is 0 Å². The van der Waals surface area contributed by atoms with Gasteiger partial charge in [0.05, 0.1) is 26.4 Å². The number of carbonyl (C=O) groups is 4. The molecule has 0 radical (unpaired) electrons. The second kappa shape index (κ2) is 60.6. The molecule has 0 aromatic carbocycles. The van der Waals surface area contributed by atoms with Crippen LogP contribution in [0.25, 0.3) is 0 Å². The van der Waals surface area contributed by atoms with Gasteiger partial charge in [0.2, 0.25) is 0 Å². The van der Waals surface area contributed by atoms with Crippen molar-refractivity contribution in [3.8, 4) is 0 Å². The van der Waals surface area contributed by atoms with Gasteiger partial charge in [-0.1, -0.05) is 291 Å². The minimum Gasteiger partial charge on any atom is -0.462 e. The van der Waals surface area contributed by atoms with E-state index < -0.39 is 97.5 Å². The summed E-state index contributed by atoms with van der Waals surface area (Å²) in [4.78, 5) is 72.1.